The molecule has 0 radical (unpaired) electrons. The van der Waals surface area contributed by atoms with Gasteiger partial charge in [-0.05, 0) is 67.9 Å². The molecule has 6 rings (SSSR count). The Hall–Kier alpha value is -4.47. The molecule has 236 valence electrons. The normalized spacial score (nSPS) is 22.0. The first-order valence-corrected chi connectivity index (χ1v) is 16.0. The molecule has 0 bridgehead atoms. The van der Waals surface area contributed by atoms with Gasteiger partial charge in [-0.15, -0.1) is 0 Å². The number of anilines is 1. The highest BCUT2D eigenvalue weighted by atomic mass is 16.2. The van der Waals surface area contributed by atoms with Crippen LogP contribution in [0.2, 0.25) is 0 Å². The number of aryl methyl sites for hydroxylation is 1. The topological polar surface area (TPSA) is 140 Å². The van der Waals surface area contributed by atoms with Crippen molar-refractivity contribution in [1.29, 1.82) is 0 Å². The minimum absolute atomic E-state index is 0.0118. The van der Waals surface area contributed by atoms with E-state index >= 15 is 0 Å². The summed E-state index contributed by atoms with van der Waals surface area (Å²) in [5.74, 6) is -2.67. The molecule has 4 N–H and O–H groups in total. The number of ketones is 1. The van der Waals surface area contributed by atoms with Crippen LogP contribution in [0.1, 0.15) is 80.4 Å². The van der Waals surface area contributed by atoms with Crippen molar-refractivity contribution in [2.75, 3.05) is 11.9 Å². The van der Waals surface area contributed by atoms with Crippen LogP contribution in [0, 0.1) is 12.8 Å². The average molecular weight is 612 g/mol. The van der Waals surface area contributed by atoms with Crippen molar-refractivity contribution in [3.8, 4) is 0 Å². The summed E-state index contributed by atoms with van der Waals surface area (Å²) in [6.07, 6.45) is 4.99. The molecular weight excluding hydrogens is 570 g/mol. The summed E-state index contributed by atoms with van der Waals surface area (Å²) >= 11 is 0. The van der Waals surface area contributed by atoms with Crippen LogP contribution in [-0.2, 0) is 24.6 Å². The molecule has 2 fully saturated rings. The molecule has 45 heavy (non-hydrogen) atoms. The summed E-state index contributed by atoms with van der Waals surface area (Å²) in [6, 6.07) is 12.6. The quantitative estimate of drug-likeness (QED) is 0.284. The average Bonchev–Trinajstić information content (AvgIpc) is 3.72. The third kappa shape index (κ3) is 5.74. The Morgan fingerprint density at radius 3 is 2.51 bits per heavy atom. The number of aromatic nitrogens is 1. The lowest BCUT2D eigenvalue weighted by Crippen LogP contribution is -2.55. The highest BCUT2D eigenvalue weighted by Gasteiger charge is 2.58. The standard InChI is InChI=1S/C35H41N5O5/c1-20(2)16-28(38-31(42)27-17-23-21(3)10-9-15-25(23)37-27)33(44)40-19-35(24-13-7-8-14-26(24)39-34(35)45)18-29(40)30(41)32(43)36-22-11-5-4-6-12-22/h7-10,13-15,17,20,22,28-29,37H,4-6,11-12,16,18-19H2,1-3H3,(H,36,43)(H,38,42)(H,39,45)/t28-,29-,35-/m0/s1. The van der Waals surface area contributed by atoms with E-state index in [2.05, 4.69) is 20.9 Å². The number of benzene rings is 2. The molecule has 2 aromatic carbocycles. The van der Waals surface area contributed by atoms with Crippen molar-refractivity contribution in [3.63, 3.8) is 0 Å². The number of nitrogens with one attached hydrogen (secondary N) is 4. The fourth-order valence-corrected chi connectivity index (χ4v) is 7.32. The third-order valence-electron chi connectivity index (χ3n) is 9.67. The maximum Gasteiger partial charge on any atom is 0.289 e. The number of fused-ring (bicyclic) bond motifs is 3. The summed E-state index contributed by atoms with van der Waals surface area (Å²) < 4.78 is 0. The van der Waals surface area contributed by atoms with Crippen LogP contribution >= 0.6 is 0 Å². The molecule has 3 heterocycles. The Morgan fingerprint density at radius 2 is 1.78 bits per heavy atom. The molecule has 1 spiro atoms. The van der Waals surface area contributed by atoms with Crippen LogP contribution in [0.15, 0.2) is 48.5 Å². The van der Waals surface area contributed by atoms with E-state index in [1.165, 1.54) is 4.90 Å². The summed E-state index contributed by atoms with van der Waals surface area (Å²) in [5.41, 5.74) is 2.31. The number of H-pyrrole nitrogens is 1. The second-order valence-corrected chi connectivity index (χ2v) is 13.3. The van der Waals surface area contributed by atoms with Crippen LogP contribution in [-0.4, -0.2) is 64.0 Å². The van der Waals surface area contributed by atoms with Crippen molar-refractivity contribution in [3.05, 3.63) is 65.4 Å². The van der Waals surface area contributed by atoms with Crippen molar-refractivity contribution in [2.24, 2.45) is 5.92 Å². The van der Waals surface area contributed by atoms with Crippen LogP contribution in [0.3, 0.4) is 0 Å². The van der Waals surface area contributed by atoms with Crippen molar-refractivity contribution in [2.45, 2.75) is 89.3 Å². The largest absolute Gasteiger partial charge is 0.351 e. The number of aromatic amines is 1. The zero-order valence-corrected chi connectivity index (χ0v) is 26.1. The Morgan fingerprint density at radius 1 is 1.02 bits per heavy atom. The van der Waals surface area contributed by atoms with E-state index in [4.69, 9.17) is 0 Å². The van der Waals surface area contributed by atoms with E-state index in [9.17, 15) is 24.0 Å². The molecule has 3 atom stereocenters. The van der Waals surface area contributed by atoms with Crippen molar-refractivity contribution >= 4 is 46.0 Å². The van der Waals surface area contributed by atoms with E-state index in [1.807, 2.05) is 57.2 Å². The summed E-state index contributed by atoms with van der Waals surface area (Å²) in [4.78, 5) is 73.3. The minimum Gasteiger partial charge on any atom is -0.351 e. The van der Waals surface area contributed by atoms with E-state index in [-0.39, 0.29) is 30.8 Å². The summed E-state index contributed by atoms with van der Waals surface area (Å²) in [6.45, 7) is 5.79. The van der Waals surface area contributed by atoms with Gasteiger partial charge >= 0.3 is 0 Å². The lowest BCUT2D eigenvalue weighted by Gasteiger charge is -2.30. The number of carbonyl (C=O) groups is 5. The van der Waals surface area contributed by atoms with Gasteiger partial charge < -0.3 is 25.8 Å². The van der Waals surface area contributed by atoms with E-state index in [0.29, 0.717) is 23.4 Å². The molecule has 1 aromatic heterocycles. The van der Waals surface area contributed by atoms with Gasteiger partial charge in [-0.1, -0.05) is 63.4 Å². The molecule has 1 aliphatic carbocycles. The number of Topliss-reactive ketones (excluding diaryl/α,β-unsaturated/α-hetero) is 1. The minimum atomic E-state index is -1.18. The fourth-order valence-electron chi connectivity index (χ4n) is 7.32. The molecule has 3 aromatic rings. The SMILES string of the molecule is Cc1cccc2[nH]c(C(=O)N[C@@H](CC(C)C)C(=O)N3C[C@]4(C[C@H]3C(=O)C(=O)NC3CCCCC3)C(=O)Nc3ccccc34)cc12. The van der Waals surface area contributed by atoms with Crippen molar-refractivity contribution < 1.29 is 24.0 Å². The second-order valence-electron chi connectivity index (χ2n) is 13.3. The van der Waals surface area contributed by atoms with E-state index in [0.717, 1.165) is 48.6 Å². The number of likely N-dealkylation sites (tertiary alicyclic amines) is 1. The Bertz CT molecular complexity index is 1670. The molecule has 10 heteroatoms. The molecule has 10 nitrogen and oxygen atoms in total. The number of hydrogen-bond acceptors (Lipinski definition) is 5. The van der Waals surface area contributed by atoms with Crippen LogP contribution in [0.25, 0.3) is 10.9 Å². The van der Waals surface area contributed by atoms with Gasteiger partial charge in [0.15, 0.2) is 0 Å². The fraction of sp³-hybridized carbons (Fsp3) is 0.457. The molecule has 1 saturated heterocycles. The molecule has 3 aliphatic rings. The van der Waals surface area contributed by atoms with Gasteiger partial charge in [-0.25, -0.2) is 0 Å². The van der Waals surface area contributed by atoms with Gasteiger partial charge in [0, 0.05) is 29.2 Å². The van der Waals surface area contributed by atoms with Crippen LogP contribution < -0.4 is 16.0 Å². The van der Waals surface area contributed by atoms with Gasteiger partial charge in [-0.3, -0.25) is 24.0 Å². The third-order valence-corrected chi connectivity index (χ3v) is 9.67. The zero-order valence-electron chi connectivity index (χ0n) is 26.1. The zero-order chi connectivity index (χ0) is 31.9. The maximum atomic E-state index is 14.4. The van der Waals surface area contributed by atoms with Crippen LogP contribution in [0.5, 0.6) is 0 Å². The Labute approximate surface area is 262 Å². The summed E-state index contributed by atoms with van der Waals surface area (Å²) in [7, 11) is 0. The predicted octanol–water partition coefficient (Wildman–Crippen LogP) is 4.13. The lowest BCUT2D eigenvalue weighted by molar-refractivity contribution is -0.145. The first-order chi connectivity index (χ1) is 21.6. The van der Waals surface area contributed by atoms with Gasteiger partial charge in [0.05, 0.1) is 5.41 Å². The Balaban J connectivity index is 1.31. The smallest absolute Gasteiger partial charge is 0.289 e. The number of rotatable bonds is 8. The predicted molar refractivity (Wildman–Crippen MR) is 171 cm³/mol. The molecule has 0 unspecified atom stereocenters. The highest BCUT2D eigenvalue weighted by molar-refractivity contribution is 6.38. The molecule has 4 amide bonds. The second kappa shape index (κ2) is 12.1. The Kier molecular flexibility index (Phi) is 8.24. The number of para-hydroxylation sites is 1. The van der Waals surface area contributed by atoms with Crippen molar-refractivity contribution in [1.82, 2.24) is 20.5 Å². The van der Waals surface area contributed by atoms with E-state index in [1.54, 1.807) is 12.1 Å². The molecule has 1 saturated carbocycles. The van der Waals surface area contributed by atoms with E-state index < -0.39 is 41.0 Å². The molecule has 2 aliphatic heterocycles. The van der Waals surface area contributed by atoms with Crippen LogP contribution in [0.4, 0.5) is 5.69 Å². The lowest BCUT2D eigenvalue weighted by atomic mass is 9.79. The first kappa shape index (κ1) is 30.6. The number of hydrogen-bond donors (Lipinski definition) is 4. The van der Waals surface area contributed by atoms with Gasteiger partial charge in [0.2, 0.25) is 17.6 Å². The van der Waals surface area contributed by atoms with Gasteiger partial charge in [0.1, 0.15) is 17.8 Å². The van der Waals surface area contributed by atoms with Gasteiger partial charge in [0.25, 0.3) is 11.8 Å². The maximum absolute atomic E-state index is 14.4. The number of amides is 4. The number of nitrogens with zero attached hydrogens (tertiary/aromatic N) is 1. The number of carbonyl (C=O) groups excluding carboxylic acids is 5. The first-order valence-electron chi connectivity index (χ1n) is 16.0. The summed E-state index contributed by atoms with van der Waals surface area (Å²) in [5, 5.41) is 9.63. The molecular formula is C35H41N5O5. The highest BCUT2D eigenvalue weighted by Crippen LogP contribution is 2.46. The monoisotopic (exact) mass is 611 g/mol. The van der Waals surface area contributed by atoms with Gasteiger partial charge in [-0.2, -0.15) is 0 Å².